The van der Waals surface area contributed by atoms with E-state index in [1.165, 1.54) is 4.57 Å². The third-order valence-corrected chi connectivity index (χ3v) is 4.80. The highest BCUT2D eigenvalue weighted by Gasteiger charge is 2.17. The molecule has 0 unspecified atom stereocenters. The standard InChI is InChI=1S/C20H22N4O3/c1-11-7-6-8-15(14(11)4)22-16(25)10-24-19(26)17-12(2)9-13(3)21-18(17)23(5)20(24)27/h6-9H,10H2,1-5H3,(H,22,25). The molecular formula is C20H22N4O3. The van der Waals surface area contributed by atoms with Crippen LogP contribution in [-0.4, -0.2) is 20.0 Å². The summed E-state index contributed by atoms with van der Waals surface area (Å²) in [5.74, 6) is -0.431. The number of anilines is 1. The summed E-state index contributed by atoms with van der Waals surface area (Å²) in [5, 5.41) is 3.13. The number of amides is 1. The van der Waals surface area contributed by atoms with Gasteiger partial charge >= 0.3 is 5.69 Å². The summed E-state index contributed by atoms with van der Waals surface area (Å²) >= 11 is 0. The average molecular weight is 366 g/mol. The van der Waals surface area contributed by atoms with Gasteiger partial charge in [0.25, 0.3) is 5.56 Å². The van der Waals surface area contributed by atoms with Crippen molar-refractivity contribution in [2.75, 3.05) is 5.32 Å². The van der Waals surface area contributed by atoms with Gasteiger partial charge in [-0.15, -0.1) is 0 Å². The summed E-state index contributed by atoms with van der Waals surface area (Å²) < 4.78 is 2.26. The molecule has 1 amide bonds. The molecule has 0 saturated carbocycles. The van der Waals surface area contributed by atoms with Crippen molar-refractivity contribution < 1.29 is 4.79 Å². The summed E-state index contributed by atoms with van der Waals surface area (Å²) in [5.41, 5.74) is 3.36. The molecule has 0 aliphatic carbocycles. The summed E-state index contributed by atoms with van der Waals surface area (Å²) in [6.45, 7) is 7.10. The van der Waals surface area contributed by atoms with Gasteiger partial charge in [0.1, 0.15) is 12.2 Å². The maximum Gasteiger partial charge on any atom is 0.332 e. The van der Waals surface area contributed by atoms with Crippen LogP contribution in [0.4, 0.5) is 5.69 Å². The van der Waals surface area contributed by atoms with Gasteiger partial charge in [-0.05, 0) is 56.5 Å². The van der Waals surface area contributed by atoms with Gasteiger partial charge in [-0.1, -0.05) is 12.1 Å². The van der Waals surface area contributed by atoms with E-state index in [1.54, 1.807) is 33.0 Å². The minimum atomic E-state index is -0.568. The summed E-state index contributed by atoms with van der Waals surface area (Å²) in [4.78, 5) is 42.3. The third-order valence-electron chi connectivity index (χ3n) is 4.80. The second-order valence-electron chi connectivity index (χ2n) is 6.81. The lowest BCUT2D eigenvalue weighted by molar-refractivity contribution is -0.116. The molecule has 0 fully saturated rings. The van der Waals surface area contributed by atoms with Crippen LogP contribution in [-0.2, 0) is 18.4 Å². The van der Waals surface area contributed by atoms with Crippen LogP contribution in [0.1, 0.15) is 22.4 Å². The lowest BCUT2D eigenvalue weighted by Crippen LogP contribution is -2.42. The highest BCUT2D eigenvalue weighted by molar-refractivity contribution is 5.91. The SMILES string of the molecule is Cc1cc(C)c2c(=O)n(CC(=O)Nc3cccc(C)c3C)c(=O)n(C)c2n1. The molecule has 0 aliphatic heterocycles. The molecule has 0 aliphatic rings. The molecule has 0 atom stereocenters. The van der Waals surface area contributed by atoms with Gasteiger partial charge in [0.2, 0.25) is 5.91 Å². The Morgan fingerprint density at radius 1 is 1.11 bits per heavy atom. The summed E-state index contributed by atoms with van der Waals surface area (Å²) in [7, 11) is 1.55. The molecule has 3 rings (SSSR count). The number of carbonyl (C=O) groups is 1. The zero-order valence-corrected chi connectivity index (χ0v) is 16.1. The predicted molar refractivity (Wildman–Crippen MR) is 105 cm³/mol. The fraction of sp³-hybridized carbons (Fsp3) is 0.300. The molecule has 0 spiro atoms. The van der Waals surface area contributed by atoms with Crippen LogP contribution in [0.2, 0.25) is 0 Å². The number of nitrogens with one attached hydrogen (secondary N) is 1. The van der Waals surface area contributed by atoms with E-state index in [-0.39, 0.29) is 6.54 Å². The van der Waals surface area contributed by atoms with E-state index in [1.807, 2.05) is 26.0 Å². The molecule has 7 nitrogen and oxygen atoms in total. The highest BCUT2D eigenvalue weighted by atomic mass is 16.2. The van der Waals surface area contributed by atoms with Crippen LogP contribution in [0.3, 0.4) is 0 Å². The van der Waals surface area contributed by atoms with Crippen LogP contribution in [0.15, 0.2) is 33.9 Å². The normalized spacial score (nSPS) is 11.0. The number of carbonyl (C=O) groups excluding carboxylic acids is 1. The zero-order chi connectivity index (χ0) is 19.9. The monoisotopic (exact) mass is 366 g/mol. The number of hydrogen-bond acceptors (Lipinski definition) is 4. The van der Waals surface area contributed by atoms with E-state index < -0.39 is 17.2 Å². The number of aryl methyl sites for hydroxylation is 4. The minimum Gasteiger partial charge on any atom is -0.324 e. The molecule has 1 aromatic carbocycles. The van der Waals surface area contributed by atoms with E-state index in [0.717, 1.165) is 27.0 Å². The highest BCUT2D eigenvalue weighted by Crippen LogP contribution is 2.18. The fourth-order valence-electron chi connectivity index (χ4n) is 3.18. The first kappa shape index (κ1) is 18.6. The van der Waals surface area contributed by atoms with Gasteiger partial charge in [-0.25, -0.2) is 9.78 Å². The molecule has 2 aromatic heterocycles. The molecule has 7 heteroatoms. The molecule has 2 heterocycles. The Bertz CT molecular complexity index is 1190. The van der Waals surface area contributed by atoms with Gasteiger partial charge in [0.05, 0.1) is 5.39 Å². The lowest BCUT2D eigenvalue weighted by atomic mass is 10.1. The molecule has 27 heavy (non-hydrogen) atoms. The van der Waals surface area contributed by atoms with Crippen LogP contribution in [0.25, 0.3) is 11.0 Å². The van der Waals surface area contributed by atoms with Crippen molar-refractivity contribution in [2.24, 2.45) is 7.05 Å². The minimum absolute atomic E-state index is 0.327. The van der Waals surface area contributed by atoms with E-state index in [9.17, 15) is 14.4 Å². The van der Waals surface area contributed by atoms with E-state index in [4.69, 9.17) is 0 Å². The third kappa shape index (κ3) is 3.28. The predicted octanol–water partition coefficient (Wildman–Crippen LogP) is 1.97. The van der Waals surface area contributed by atoms with Gasteiger partial charge in [-0.2, -0.15) is 0 Å². The molecule has 0 radical (unpaired) electrons. The molecule has 0 bridgehead atoms. The fourth-order valence-corrected chi connectivity index (χ4v) is 3.18. The second kappa shape index (κ2) is 6.83. The van der Waals surface area contributed by atoms with Crippen molar-refractivity contribution >= 4 is 22.6 Å². The Hall–Kier alpha value is -3.22. The number of benzene rings is 1. The van der Waals surface area contributed by atoms with E-state index >= 15 is 0 Å². The number of nitrogens with zero attached hydrogens (tertiary/aromatic N) is 3. The Kier molecular flexibility index (Phi) is 4.70. The van der Waals surface area contributed by atoms with Gasteiger partial charge < -0.3 is 5.32 Å². The average Bonchev–Trinajstić information content (AvgIpc) is 2.60. The van der Waals surface area contributed by atoms with E-state index in [2.05, 4.69) is 10.3 Å². The second-order valence-corrected chi connectivity index (χ2v) is 6.81. The van der Waals surface area contributed by atoms with Crippen molar-refractivity contribution in [3.63, 3.8) is 0 Å². The van der Waals surface area contributed by atoms with Crippen molar-refractivity contribution in [2.45, 2.75) is 34.2 Å². The molecular weight excluding hydrogens is 344 g/mol. The Morgan fingerprint density at radius 2 is 1.81 bits per heavy atom. The number of fused-ring (bicyclic) bond motifs is 1. The van der Waals surface area contributed by atoms with Crippen molar-refractivity contribution in [3.8, 4) is 0 Å². The largest absolute Gasteiger partial charge is 0.332 e. The Balaban J connectivity index is 2.05. The summed E-state index contributed by atoms with van der Waals surface area (Å²) in [6, 6.07) is 7.37. The maximum atomic E-state index is 12.9. The first-order valence-electron chi connectivity index (χ1n) is 8.64. The van der Waals surface area contributed by atoms with Gasteiger partial charge in [-0.3, -0.25) is 18.7 Å². The van der Waals surface area contributed by atoms with E-state index in [0.29, 0.717) is 16.7 Å². The maximum absolute atomic E-state index is 12.9. The number of pyridine rings is 1. The quantitative estimate of drug-likeness (QED) is 0.768. The molecule has 140 valence electrons. The number of hydrogen-bond donors (Lipinski definition) is 1. The summed E-state index contributed by atoms with van der Waals surface area (Å²) in [6.07, 6.45) is 0. The van der Waals surface area contributed by atoms with Crippen molar-refractivity contribution in [3.05, 3.63) is 67.5 Å². The number of rotatable bonds is 3. The van der Waals surface area contributed by atoms with Crippen LogP contribution in [0, 0.1) is 27.7 Å². The first-order valence-corrected chi connectivity index (χ1v) is 8.64. The van der Waals surface area contributed by atoms with Gasteiger partial charge in [0.15, 0.2) is 0 Å². The Labute approximate surface area is 156 Å². The molecule has 1 N–H and O–H groups in total. The van der Waals surface area contributed by atoms with Crippen molar-refractivity contribution in [1.82, 2.24) is 14.1 Å². The molecule has 0 saturated heterocycles. The van der Waals surface area contributed by atoms with Crippen LogP contribution < -0.4 is 16.6 Å². The Morgan fingerprint density at radius 3 is 2.52 bits per heavy atom. The lowest BCUT2D eigenvalue weighted by Gasteiger charge is -2.13. The molecule has 3 aromatic rings. The number of aromatic nitrogens is 3. The van der Waals surface area contributed by atoms with Crippen molar-refractivity contribution in [1.29, 1.82) is 0 Å². The smallest absolute Gasteiger partial charge is 0.324 e. The first-order chi connectivity index (χ1) is 12.7. The topological polar surface area (TPSA) is 86.0 Å². The van der Waals surface area contributed by atoms with Gasteiger partial charge in [0, 0.05) is 18.4 Å². The van der Waals surface area contributed by atoms with Crippen LogP contribution >= 0.6 is 0 Å². The zero-order valence-electron chi connectivity index (χ0n) is 16.1. The van der Waals surface area contributed by atoms with Crippen LogP contribution in [0.5, 0.6) is 0 Å².